The Bertz CT molecular complexity index is 208. The van der Waals surface area contributed by atoms with E-state index in [0.717, 1.165) is 0 Å². The van der Waals surface area contributed by atoms with Crippen LogP contribution < -0.4 is 5.32 Å². The van der Waals surface area contributed by atoms with Gasteiger partial charge in [-0.3, -0.25) is 4.79 Å². The maximum absolute atomic E-state index is 10.8. The van der Waals surface area contributed by atoms with Gasteiger partial charge in [-0.1, -0.05) is 15.9 Å². The Hall–Kier alpha value is -0.620. The highest BCUT2D eigenvalue weighted by molar-refractivity contribution is 9.09. The SMILES string of the molecule is O=C(CBr)N[C@@H]1C(=O)OC[C@@H]1O. The predicted octanol–water partition coefficient (Wildman–Crippen LogP) is -1.22. The van der Waals surface area contributed by atoms with Crippen molar-refractivity contribution in [3.05, 3.63) is 0 Å². The van der Waals surface area contributed by atoms with E-state index in [2.05, 4.69) is 26.0 Å². The molecular weight excluding hydrogens is 230 g/mol. The number of cyclic esters (lactones) is 1. The van der Waals surface area contributed by atoms with Crippen LogP contribution in [-0.2, 0) is 14.3 Å². The summed E-state index contributed by atoms with van der Waals surface area (Å²) in [5.74, 6) is -0.935. The van der Waals surface area contributed by atoms with E-state index < -0.39 is 18.1 Å². The summed E-state index contributed by atoms with van der Waals surface area (Å²) in [7, 11) is 0. The van der Waals surface area contributed by atoms with Gasteiger partial charge in [0.1, 0.15) is 12.7 Å². The number of hydrogen-bond donors (Lipinski definition) is 2. The van der Waals surface area contributed by atoms with Crippen molar-refractivity contribution in [3.63, 3.8) is 0 Å². The molecule has 12 heavy (non-hydrogen) atoms. The van der Waals surface area contributed by atoms with E-state index in [4.69, 9.17) is 5.11 Å². The van der Waals surface area contributed by atoms with Crippen LogP contribution in [0.3, 0.4) is 0 Å². The van der Waals surface area contributed by atoms with E-state index in [1.54, 1.807) is 0 Å². The van der Waals surface area contributed by atoms with Gasteiger partial charge in [-0.25, -0.2) is 4.79 Å². The zero-order valence-corrected chi connectivity index (χ0v) is 7.70. The molecule has 0 unspecified atom stereocenters. The molecule has 0 spiro atoms. The van der Waals surface area contributed by atoms with Crippen LogP contribution in [-0.4, -0.2) is 41.1 Å². The van der Waals surface area contributed by atoms with Crippen LogP contribution in [0.25, 0.3) is 0 Å². The second-order valence-electron chi connectivity index (χ2n) is 2.38. The lowest BCUT2D eigenvalue weighted by Crippen LogP contribution is -2.45. The Labute approximate surface area is 77.2 Å². The van der Waals surface area contributed by atoms with Crippen LogP contribution in [0.2, 0.25) is 0 Å². The van der Waals surface area contributed by atoms with Crippen molar-refractivity contribution in [1.82, 2.24) is 5.32 Å². The lowest BCUT2D eigenvalue weighted by atomic mass is 10.2. The normalized spacial score (nSPS) is 28.3. The molecule has 5 nitrogen and oxygen atoms in total. The first-order valence-electron chi connectivity index (χ1n) is 3.35. The first-order valence-corrected chi connectivity index (χ1v) is 4.47. The third-order valence-corrected chi connectivity index (χ3v) is 1.98. The molecule has 0 aromatic carbocycles. The predicted molar refractivity (Wildman–Crippen MR) is 42.7 cm³/mol. The summed E-state index contributed by atoms with van der Waals surface area (Å²) in [6.45, 7) is -0.0495. The van der Waals surface area contributed by atoms with E-state index in [0.29, 0.717) is 0 Å². The number of ether oxygens (including phenoxy) is 1. The number of aliphatic hydroxyl groups excluding tert-OH is 1. The summed E-state index contributed by atoms with van der Waals surface area (Å²) in [4.78, 5) is 21.6. The van der Waals surface area contributed by atoms with Crippen LogP contribution in [0.5, 0.6) is 0 Å². The number of hydrogen-bond acceptors (Lipinski definition) is 4. The van der Waals surface area contributed by atoms with Crippen molar-refractivity contribution in [1.29, 1.82) is 0 Å². The number of aliphatic hydroxyl groups is 1. The molecule has 1 amide bonds. The summed E-state index contributed by atoms with van der Waals surface area (Å²) < 4.78 is 4.50. The van der Waals surface area contributed by atoms with Gasteiger partial charge in [0.05, 0.1) is 5.33 Å². The Morgan fingerprint density at radius 3 is 2.92 bits per heavy atom. The van der Waals surface area contributed by atoms with Gasteiger partial charge >= 0.3 is 5.97 Å². The highest BCUT2D eigenvalue weighted by Crippen LogP contribution is 2.06. The summed E-state index contributed by atoms with van der Waals surface area (Å²) in [5.41, 5.74) is 0. The third-order valence-electron chi connectivity index (χ3n) is 1.47. The lowest BCUT2D eigenvalue weighted by molar-refractivity contribution is -0.141. The number of nitrogens with one attached hydrogen (secondary N) is 1. The summed E-state index contributed by atoms with van der Waals surface area (Å²) in [5, 5.41) is 11.5. The molecule has 68 valence electrons. The molecule has 1 fully saturated rings. The van der Waals surface area contributed by atoms with E-state index >= 15 is 0 Å². The Kier molecular flexibility index (Phi) is 3.05. The largest absolute Gasteiger partial charge is 0.461 e. The molecule has 0 aliphatic carbocycles. The smallest absolute Gasteiger partial charge is 0.331 e. The van der Waals surface area contributed by atoms with Gasteiger partial charge in [0.15, 0.2) is 6.04 Å². The molecule has 2 atom stereocenters. The van der Waals surface area contributed by atoms with E-state index in [1.165, 1.54) is 0 Å². The number of esters is 1. The summed E-state index contributed by atoms with van der Waals surface area (Å²) >= 11 is 2.92. The van der Waals surface area contributed by atoms with Crippen LogP contribution in [0, 0.1) is 0 Å². The van der Waals surface area contributed by atoms with Gasteiger partial charge in [0.2, 0.25) is 5.91 Å². The summed E-state index contributed by atoms with van der Waals surface area (Å²) in [6.07, 6.45) is -0.930. The molecule has 2 N–H and O–H groups in total. The van der Waals surface area contributed by atoms with Gasteiger partial charge in [-0.15, -0.1) is 0 Å². The second kappa shape index (κ2) is 3.86. The summed E-state index contributed by atoms with van der Waals surface area (Å²) in [6, 6.07) is -0.907. The Morgan fingerprint density at radius 2 is 2.50 bits per heavy atom. The highest BCUT2D eigenvalue weighted by Gasteiger charge is 2.36. The van der Waals surface area contributed by atoms with Crippen molar-refractivity contribution < 1.29 is 19.4 Å². The molecule has 1 aliphatic rings. The molecular formula is C6H8BrNO4. The molecule has 0 aromatic heterocycles. The number of alkyl halides is 1. The second-order valence-corrected chi connectivity index (χ2v) is 2.94. The number of amides is 1. The van der Waals surface area contributed by atoms with Crippen molar-refractivity contribution in [2.75, 3.05) is 11.9 Å². The maximum Gasteiger partial charge on any atom is 0.331 e. The minimum atomic E-state index is -0.930. The van der Waals surface area contributed by atoms with Gasteiger partial charge in [0.25, 0.3) is 0 Å². The lowest BCUT2D eigenvalue weighted by Gasteiger charge is -2.10. The average Bonchev–Trinajstić information content (AvgIpc) is 2.35. The monoisotopic (exact) mass is 237 g/mol. The average molecular weight is 238 g/mol. The Balaban J connectivity index is 2.50. The molecule has 1 saturated heterocycles. The van der Waals surface area contributed by atoms with Crippen molar-refractivity contribution in [2.24, 2.45) is 0 Å². The molecule has 1 rings (SSSR count). The van der Waals surface area contributed by atoms with Gasteiger partial charge in [-0.2, -0.15) is 0 Å². The molecule has 0 aromatic rings. The standard InChI is InChI=1S/C6H8BrNO4/c7-1-4(10)8-5-3(9)2-12-6(5)11/h3,5,9H,1-2H2,(H,8,10)/t3-,5-/m0/s1. The van der Waals surface area contributed by atoms with Gasteiger partial charge < -0.3 is 15.2 Å². The molecule has 0 saturated carbocycles. The minimum absolute atomic E-state index is 0.0495. The van der Waals surface area contributed by atoms with Crippen LogP contribution in [0.15, 0.2) is 0 Å². The van der Waals surface area contributed by atoms with Crippen LogP contribution >= 0.6 is 15.9 Å². The van der Waals surface area contributed by atoms with E-state index in [9.17, 15) is 9.59 Å². The van der Waals surface area contributed by atoms with Crippen LogP contribution in [0.4, 0.5) is 0 Å². The van der Waals surface area contributed by atoms with Crippen molar-refractivity contribution >= 4 is 27.8 Å². The highest BCUT2D eigenvalue weighted by atomic mass is 79.9. The molecule has 6 heteroatoms. The fraction of sp³-hybridized carbons (Fsp3) is 0.667. The topological polar surface area (TPSA) is 75.6 Å². The zero-order chi connectivity index (χ0) is 9.14. The van der Waals surface area contributed by atoms with Crippen molar-refractivity contribution in [2.45, 2.75) is 12.1 Å². The first-order chi connectivity index (χ1) is 5.65. The third kappa shape index (κ3) is 1.95. The quantitative estimate of drug-likeness (QED) is 0.467. The van der Waals surface area contributed by atoms with Crippen molar-refractivity contribution in [3.8, 4) is 0 Å². The number of carbonyl (C=O) groups excluding carboxylic acids is 2. The molecule has 0 bridgehead atoms. The Morgan fingerprint density at radius 1 is 1.83 bits per heavy atom. The first kappa shape index (κ1) is 9.47. The number of halogens is 1. The van der Waals surface area contributed by atoms with E-state index in [1.807, 2.05) is 0 Å². The fourth-order valence-electron chi connectivity index (χ4n) is 0.878. The zero-order valence-electron chi connectivity index (χ0n) is 6.12. The number of carbonyl (C=O) groups is 2. The molecule has 0 radical (unpaired) electrons. The van der Waals surface area contributed by atoms with E-state index in [-0.39, 0.29) is 17.8 Å². The maximum atomic E-state index is 10.8. The molecule has 1 aliphatic heterocycles. The minimum Gasteiger partial charge on any atom is -0.461 e. The number of rotatable bonds is 2. The molecule has 1 heterocycles. The fourth-order valence-corrected chi connectivity index (χ4v) is 1.04. The van der Waals surface area contributed by atoms with Gasteiger partial charge in [-0.05, 0) is 0 Å². The van der Waals surface area contributed by atoms with Gasteiger partial charge in [0, 0.05) is 0 Å². The van der Waals surface area contributed by atoms with Crippen LogP contribution in [0.1, 0.15) is 0 Å².